The number of pyridine rings is 2. The van der Waals surface area contributed by atoms with Crippen molar-refractivity contribution in [2.45, 2.75) is 6.54 Å². The van der Waals surface area contributed by atoms with Crippen LogP contribution in [-0.4, -0.2) is 20.3 Å². The Morgan fingerprint density at radius 1 is 1.17 bits per heavy atom. The number of nitrogens with zero attached hydrogens (tertiary/aromatic N) is 2. The van der Waals surface area contributed by atoms with Crippen LogP contribution >= 0.6 is 0 Å². The summed E-state index contributed by atoms with van der Waals surface area (Å²) in [6.07, 6.45) is 3.77. The summed E-state index contributed by atoms with van der Waals surface area (Å²) in [4.78, 5) is 31.4. The van der Waals surface area contributed by atoms with Crippen molar-refractivity contribution in [3.05, 3.63) is 82.5 Å². The van der Waals surface area contributed by atoms with E-state index in [1.165, 1.54) is 6.07 Å². The molecule has 0 aliphatic heterocycles. The summed E-state index contributed by atoms with van der Waals surface area (Å²) in [5, 5.41) is 3.54. The van der Waals surface area contributed by atoms with Gasteiger partial charge in [-0.05, 0) is 18.2 Å². The molecule has 1 amide bonds. The lowest BCUT2D eigenvalue weighted by atomic mass is 10.1. The van der Waals surface area contributed by atoms with E-state index in [0.717, 1.165) is 11.3 Å². The van der Waals surface area contributed by atoms with Gasteiger partial charge in [-0.1, -0.05) is 24.3 Å². The van der Waals surface area contributed by atoms with Crippen LogP contribution in [0.15, 0.2) is 65.7 Å². The number of carbonyl (C=O) groups is 1. The molecule has 0 atom stereocenters. The van der Waals surface area contributed by atoms with E-state index in [9.17, 15) is 9.59 Å². The minimum Gasteiger partial charge on any atom is -0.346 e. The van der Waals surface area contributed by atoms with Crippen molar-refractivity contribution in [3.63, 3.8) is 0 Å². The first-order valence-electron chi connectivity index (χ1n) is 7.53. The fourth-order valence-corrected chi connectivity index (χ4v) is 2.73. The lowest BCUT2D eigenvalue weighted by molar-refractivity contribution is 0.0952. The Bertz CT molecular complexity index is 1080. The number of amides is 1. The molecule has 2 N–H and O–H groups in total. The molecule has 6 heteroatoms. The van der Waals surface area contributed by atoms with Gasteiger partial charge in [0.15, 0.2) is 0 Å². The predicted octanol–water partition coefficient (Wildman–Crippen LogP) is 2.11. The fourth-order valence-electron chi connectivity index (χ4n) is 2.73. The first kappa shape index (κ1) is 14.2. The van der Waals surface area contributed by atoms with E-state index in [-0.39, 0.29) is 11.5 Å². The van der Waals surface area contributed by atoms with Gasteiger partial charge < -0.3 is 14.7 Å². The summed E-state index contributed by atoms with van der Waals surface area (Å²) < 4.78 is 1.89. The van der Waals surface area contributed by atoms with E-state index < -0.39 is 0 Å². The Morgan fingerprint density at radius 3 is 2.88 bits per heavy atom. The van der Waals surface area contributed by atoms with E-state index in [0.29, 0.717) is 23.0 Å². The van der Waals surface area contributed by atoms with E-state index in [4.69, 9.17) is 0 Å². The van der Waals surface area contributed by atoms with Crippen LogP contribution in [0.2, 0.25) is 0 Å². The lowest BCUT2D eigenvalue weighted by Crippen LogP contribution is -2.25. The molecule has 3 heterocycles. The zero-order chi connectivity index (χ0) is 16.5. The van der Waals surface area contributed by atoms with Gasteiger partial charge in [-0.15, -0.1) is 0 Å². The Labute approximate surface area is 136 Å². The molecule has 3 aromatic heterocycles. The standard InChI is InChI=1S/C18H14N4O2/c23-17-9-14(13-5-1-2-6-15(13)21-17)18(24)19-10-12-11-22-8-4-3-7-16(22)20-12/h1-9,11H,10H2,(H,19,24)(H,21,23). The second kappa shape index (κ2) is 5.66. The quantitative estimate of drug-likeness (QED) is 0.607. The van der Waals surface area contributed by atoms with Crippen molar-refractivity contribution in [3.8, 4) is 0 Å². The van der Waals surface area contributed by atoms with E-state index in [1.807, 2.05) is 53.2 Å². The van der Waals surface area contributed by atoms with Gasteiger partial charge in [-0.2, -0.15) is 0 Å². The van der Waals surface area contributed by atoms with Gasteiger partial charge in [0.05, 0.1) is 17.8 Å². The number of aromatic nitrogens is 3. The third-order valence-corrected chi connectivity index (χ3v) is 3.84. The maximum atomic E-state index is 12.5. The number of carbonyl (C=O) groups excluding carboxylic acids is 1. The number of para-hydroxylation sites is 1. The second-order valence-corrected chi connectivity index (χ2v) is 5.47. The highest BCUT2D eigenvalue weighted by Gasteiger charge is 2.12. The second-order valence-electron chi connectivity index (χ2n) is 5.47. The summed E-state index contributed by atoms with van der Waals surface area (Å²) in [7, 11) is 0. The van der Waals surface area contributed by atoms with Gasteiger partial charge in [-0.25, -0.2) is 4.98 Å². The SMILES string of the molecule is O=C(NCc1cn2ccccc2n1)c1cc(=O)[nH]c2ccccc12. The van der Waals surface area contributed by atoms with Gasteiger partial charge in [0.25, 0.3) is 5.91 Å². The molecular weight excluding hydrogens is 304 g/mol. The normalized spacial score (nSPS) is 11.0. The number of hydrogen-bond acceptors (Lipinski definition) is 3. The maximum Gasteiger partial charge on any atom is 0.252 e. The van der Waals surface area contributed by atoms with E-state index in [1.54, 1.807) is 6.07 Å². The van der Waals surface area contributed by atoms with Crippen LogP contribution in [0.5, 0.6) is 0 Å². The molecular formula is C18H14N4O2. The average Bonchev–Trinajstić information content (AvgIpc) is 3.02. The predicted molar refractivity (Wildman–Crippen MR) is 90.9 cm³/mol. The Morgan fingerprint density at radius 2 is 2.00 bits per heavy atom. The molecule has 0 unspecified atom stereocenters. The minimum atomic E-state index is -0.299. The average molecular weight is 318 g/mol. The van der Waals surface area contributed by atoms with Crippen molar-refractivity contribution in [1.29, 1.82) is 0 Å². The van der Waals surface area contributed by atoms with Crippen LogP contribution in [0, 0.1) is 0 Å². The molecule has 24 heavy (non-hydrogen) atoms. The summed E-state index contributed by atoms with van der Waals surface area (Å²) >= 11 is 0. The van der Waals surface area contributed by atoms with Crippen LogP contribution in [0.25, 0.3) is 16.6 Å². The Kier molecular flexibility index (Phi) is 3.35. The highest BCUT2D eigenvalue weighted by Crippen LogP contribution is 2.14. The van der Waals surface area contributed by atoms with Gasteiger partial charge in [0.1, 0.15) is 5.65 Å². The molecule has 0 spiro atoms. The van der Waals surface area contributed by atoms with Crippen LogP contribution < -0.4 is 10.9 Å². The monoisotopic (exact) mass is 318 g/mol. The number of rotatable bonds is 3. The Hall–Kier alpha value is -3.41. The van der Waals surface area contributed by atoms with Crippen molar-refractivity contribution in [2.24, 2.45) is 0 Å². The third kappa shape index (κ3) is 2.54. The molecule has 0 aliphatic rings. The van der Waals surface area contributed by atoms with Crippen molar-refractivity contribution >= 4 is 22.5 Å². The number of benzene rings is 1. The molecule has 0 fully saturated rings. The summed E-state index contributed by atoms with van der Waals surface area (Å²) in [5.74, 6) is -0.297. The van der Waals surface area contributed by atoms with E-state index in [2.05, 4.69) is 15.3 Å². The van der Waals surface area contributed by atoms with Crippen molar-refractivity contribution in [2.75, 3.05) is 0 Å². The van der Waals surface area contributed by atoms with Crippen LogP contribution in [0.4, 0.5) is 0 Å². The van der Waals surface area contributed by atoms with E-state index >= 15 is 0 Å². The molecule has 4 rings (SSSR count). The zero-order valence-corrected chi connectivity index (χ0v) is 12.7. The van der Waals surface area contributed by atoms with Crippen LogP contribution in [-0.2, 0) is 6.54 Å². The smallest absolute Gasteiger partial charge is 0.252 e. The van der Waals surface area contributed by atoms with Gasteiger partial charge in [0, 0.05) is 29.4 Å². The molecule has 0 saturated carbocycles. The number of hydrogen-bond donors (Lipinski definition) is 2. The molecule has 0 radical (unpaired) electrons. The summed E-state index contributed by atoms with van der Waals surface area (Å²) in [5.41, 5.74) is 2.28. The number of H-pyrrole nitrogens is 1. The topological polar surface area (TPSA) is 79.3 Å². The first-order chi connectivity index (χ1) is 11.7. The highest BCUT2D eigenvalue weighted by atomic mass is 16.2. The van der Waals surface area contributed by atoms with Gasteiger partial charge in [-0.3, -0.25) is 9.59 Å². The van der Waals surface area contributed by atoms with Crippen LogP contribution in [0.1, 0.15) is 16.1 Å². The summed E-state index contributed by atoms with van der Waals surface area (Å²) in [6.45, 7) is 0.293. The Balaban J connectivity index is 1.61. The van der Waals surface area contributed by atoms with Gasteiger partial charge >= 0.3 is 0 Å². The van der Waals surface area contributed by atoms with Gasteiger partial charge in [0.2, 0.25) is 5.56 Å². The number of imidazole rings is 1. The third-order valence-electron chi connectivity index (χ3n) is 3.84. The molecule has 118 valence electrons. The minimum absolute atomic E-state index is 0.293. The maximum absolute atomic E-state index is 12.5. The first-order valence-corrected chi connectivity index (χ1v) is 7.53. The molecule has 6 nitrogen and oxygen atoms in total. The number of fused-ring (bicyclic) bond motifs is 2. The molecule has 0 saturated heterocycles. The fraction of sp³-hybridized carbons (Fsp3) is 0.0556. The zero-order valence-electron chi connectivity index (χ0n) is 12.7. The number of nitrogens with one attached hydrogen (secondary N) is 2. The molecule has 4 aromatic rings. The van der Waals surface area contributed by atoms with Crippen molar-refractivity contribution in [1.82, 2.24) is 19.7 Å². The molecule has 0 bridgehead atoms. The highest BCUT2D eigenvalue weighted by molar-refractivity contribution is 6.05. The molecule has 1 aromatic carbocycles. The lowest BCUT2D eigenvalue weighted by Gasteiger charge is -2.06. The summed E-state index contributed by atoms with van der Waals surface area (Å²) in [6, 6.07) is 14.3. The van der Waals surface area contributed by atoms with Crippen LogP contribution in [0.3, 0.4) is 0 Å². The largest absolute Gasteiger partial charge is 0.346 e. The van der Waals surface area contributed by atoms with Crippen molar-refractivity contribution < 1.29 is 4.79 Å². The molecule has 0 aliphatic carbocycles. The number of aromatic amines is 1.